The van der Waals surface area contributed by atoms with Crippen molar-refractivity contribution in [1.82, 2.24) is 10.2 Å². The maximum atomic E-state index is 14.4. The fraction of sp³-hybridized carbons (Fsp3) is 0.235. The molecule has 4 aromatic carbocycles. The molecule has 0 aromatic heterocycles. The van der Waals surface area contributed by atoms with Crippen molar-refractivity contribution < 1.29 is 27.1 Å². The summed E-state index contributed by atoms with van der Waals surface area (Å²) < 4.78 is 48.1. The van der Waals surface area contributed by atoms with Gasteiger partial charge in [0.2, 0.25) is 11.8 Å². The van der Waals surface area contributed by atoms with Crippen LogP contribution in [0.15, 0.2) is 108 Å². The van der Waals surface area contributed by atoms with Crippen molar-refractivity contribution in [2.24, 2.45) is 0 Å². The van der Waals surface area contributed by atoms with Gasteiger partial charge in [0.25, 0.3) is 10.0 Å². The molecule has 8 nitrogen and oxygen atoms in total. The Morgan fingerprint density at radius 3 is 2.07 bits per heavy atom. The molecule has 0 spiro atoms. The number of carbonyl (C=O) groups is 2. The Kier molecular flexibility index (Phi) is 11.2. The molecule has 0 bridgehead atoms. The third-order valence-electron chi connectivity index (χ3n) is 7.01. The highest BCUT2D eigenvalue weighted by Gasteiger charge is 2.35. The Balaban J connectivity index is 1.79. The Morgan fingerprint density at radius 2 is 1.49 bits per heavy atom. The summed E-state index contributed by atoms with van der Waals surface area (Å²) >= 11 is 6.11. The molecule has 0 saturated carbocycles. The van der Waals surface area contributed by atoms with E-state index >= 15 is 0 Å². The quantitative estimate of drug-likeness (QED) is 0.196. The number of sulfonamides is 1. The highest BCUT2D eigenvalue weighted by Crippen LogP contribution is 2.27. The van der Waals surface area contributed by atoms with E-state index in [9.17, 15) is 22.4 Å². The molecule has 0 aliphatic rings. The van der Waals surface area contributed by atoms with Gasteiger partial charge in [-0.25, -0.2) is 12.8 Å². The van der Waals surface area contributed by atoms with E-state index in [2.05, 4.69) is 5.32 Å². The summed E-state index contributed by atoms with van der Waals surface area (Å²) in [5, 5.41) is 3.29. The average molecular weight is 652 g/mol. The van der Waals surface area contributed by atoms with Gasteiger partial charge in [0.1, 0.15) is 24.2 Å². The number of nitrogens with zero attached hydrogens (tertiary/aromatic N) is 2. The zero-order valence-electron chi connectivity index (χ0n) is 25.2. The topological polar surface area (TPSA) is 96.0 Å². The van der Waals surface area contributed by atoms with Gasteiger partial charge in [-0.3, -0.25) is 13.9 Å². The van der Waals surface area contributed by atoms with E-state index in [1.165, 1.54) is 84.8 Å². The smallest absolute Gasteiger partial charge is 0.264 e. The maximum absolute atomic E-state index is 14.4. The maximum Gasteiger partial charge on any atom is 0.264 e. The van der Waals surface area contributed by atoms with E-state index < -0.39 is 40.2 Å². The van der Waals surface area contributed by atoms with Gasteiger partial charge in [0.05, 0.1) is 17.7 Å². The molecule has 236 valence electrons. The molecular weight excluding hydrogens is 617 g/mol. The first-order chi connectivity index (χ1) is 21.5. The number of anilines is 1. The van der Waals surface area contributed by atoms with Crippen molar-refractivity contribution in [2.45, 2.75) is 43.8 Å². The first-order valence-corrected chi connectivity index (χ1v) is 16.1. The number of halogens is 2. The SMILES string of the molecule is COc1ccc(S(=O)(=O)N(CC(=O)N(Cc2ccc(F)cc2)[C@@H](Cc2ccccc2)C(=O)NC(C)C)c2ccc(Cl)cc2)cc1. The largest absolute Gasteiger partial charge is 0.497 e. The minimum Gasteiger partial charge on any atom is -0.497 e. The standard InChI is InChI=1S/C34H35ClFN3O5S/c1-24(2)37-34(41)32(21-25-7-5-4-6-8-25)38(22-26-9-13-28(36)14-10-26)33(40)23-39(29-15-11-27(35)12-16-29)45(42,43)31-19-17-30(44-3)18-20-31/h4-20,24,32H,21-23H2,1-3H3,(H,37,41)/t32-/m0/s1. The number of methoxy groups -OCH3 is 1. The van der Waals surface area contributed by atoms with Gasteiger partial charge in [-0.1, -0.05) is 54.1 Å². The number of rotatable bonds is 13. The van der Waals surface area contributed by atoms with Gasteiger partial charge in [0.15, 0.2) is 0 Å². The summed E-state index contributed by atoms with van der Waals surface area (Å²) in [6, 6.07) is 25.5. The lowest BCUT2D eigenvalue weighted by molar-refractivity contribution is -0.140. The minimum absolute atomic E-state index is 0.0606. The third kappa shape index (κ3) is 8.83. The second-order valence-corrected chi connectivity index (χ2v) is 13.0. The number of benzene rings is 4. The lowest BCUT2D eigenvalue weighted by Gasteiger charge is -2.34. The van der Waals surface area contributed by atoms with Crippen molar-refractivity contribution in [3.05, 3.63) is 125 Å². The van der Waals surface area contributed by atoms with Crippen LogP contribution in [0.4, 0.5) is 10.1 Å². The van der Waals surface area contributed by atoms with E-state index in [0.29, 0.717) is 16.3 Å². The van der Waals surface area contributed by atoms with Gasteiger partial charge in [-0.15, -0.1) is 0 Å². The zero-order valence-corrected chi connectivity index (χ0v) is 26.8. The molecule has 0 fully saturated rings. The fourth-order valence-corrected chi connectivity index (χ4v) is 6.27. The highest BCUT2D eigenvalue weighted by atomic mass is 35.5. The van der Waals surface area contributed by atoms with Crippen LogP contribution in [-0.2, 0) is 32.6 Å². The molecular formula is C34H35ClFN3O5S. The van der Waals surface area contributed by atoms with Crippen molar-refractivity contribution in [3.63, 3.8) is 0 Å². The monoisotopic (exact) mass is 651 g/mol. The van der Waals surface area contributed by atoms with E-state index in [1.54, 1.807) is 0 Å². The van der Waals surface area contributed by atoms with Gasteiger partial charge in [-0.2, -0.15) is 0 Å². The second kappa shape index (κ2) is 15.0. The summed E-state index contributed by atoms with van der Waals surface area (Å²) in [4.78, 5) is 29.4. The van der Waals surface area contributed by atoms with Crippen LogP contribution in [0.25, 0.3) is 0 Å². The molecule has 2 amide bonds. The number of nitrogens with one attached hydrogen (secondary N) is 1. The van der Waals surface area contributed by atoms with Gasteiger partial charge in [0, 0.05) is 24.0 Å². The average Bonchev–Trinajstić information content (AvgIpc) is 3.03. The summed E-state index contributed by atoms with van der Waals surface area (Å²) in [6.07, 6.45) is 0.165. The Labute approximate surface area is 268 Å². The number of hydrogen-bond donors (Lipinski definition) is 1. The summed E-state index contributed by atoms with van der Waals surface area (Å²) in [6.45, 7) is 2.93. The van der Waals surface area contributed by atoms with Crippen molar-refractivity contribution in [2.75, 3.05) is 18.0 Å². The van der Waals surface area contributed by atoms with Crippen LogP contribution in [0, 0.1) is 5.82 Å². The molecule has 0 aliphatic carbocycles. The zero-order chi connectivity index (χ0) is 32.6. The number of carbonyl (C=O) groups excluding carboxylic acids is 2. The molecule has 1 N–H and O–H groups in total. The molecule has 11 heteroatoms. The molecule has 4 aromatic rings. The Bertz CT molecular complexity index is 1690. The molecule has 0 saturated heterocycles. The lowest BCUT2D eigenvalue weighted by Crippen LogP contribution is -2.54. The van der Waals surface area contributed by atoms with Crippen molar-refractivity contribution >= 4 is 39.1 Å². The molecule has 0 aliphatic heterocycles. The van der Waals surface area contributed by atoms with Crippen LogP contribution < -0.4 is 14.4 Å². The van der Waals surface area contributed by atoms with Crippen molar-refractivity contribution in [1.29, 1.82) is 0 Å². The molecule has 4 rings (SSSR count). The predicted molar refractivity (Wildman–Crippen MR) is 173 cm³/mol. The lowest BCUT2D eigenvalue weighted by atomic mass is 10.0. The van der Waals surface area contributed by atoms with Crippen molar-refractivity contribution in [3.8, 4) is 5.75 Å². The Morgan fingerprint density at radius 1 is 0.867 bits per heavy atom. The first kappa shape index (κ1) is 33.5. The van der Waals surface area contributed by atoms with Gasteiger partial charge < -0.3 is 15.0 Å². The van der Waals surface area contributed by atoms with Gasteiger partial charge >= 0.3 is 0 Å². The number of ether oxygens (including phenoxy) is 1. The molecule has 1 atom stereocenters. The van der Waals surface area contributed by atoms with Crippen LogP contribution in [0.1, 0.15) is 25.0 Å². The molecule has 45 heavy (non-hydrogen) atoms. The van der Waals surface area contributed by atoms with Crippen LogP contribution in [0.5, 0.6) is 5.75 Å². The van der Waals surface area contributed by atoms with E-state index in [1.807, 2.05) is 44.2 Å². The highest BCUT2D eigenvalue weighted by molar-refractivity contribution is 7.92. The molecule has 0 unspecified atom stereocenters. The fourth-order valence-electron chi connectivity index (χ4n) is 4.73. The van der Waals surface area contributed by atoms with E-state index in [0.717, 1.165) is 9.87 Å². The second-order valence-electron chi connectivity index (χ2n) is 10.7. The number of hydrogen-bond acceptors (Lipinski definition) is 5. The summed E-state index contributed by atoms with van der Waals surface area (Å²) in [5.74, 6) is -1.02. The summed E-state index contributed by atoms with van der Waals surface area (Å²) in [5.41, 5.74) is 1.58. The van der Waals surface area contributed by atoms with E-state index in [-0.39, 0.29) is 29.6 Å². The predicted octanol–water partition coefficient (Wildman–Crippen LogP) is 5.85. The number of amides is 2. The van der Waals surface area contributed by atoms with E-state index in [4.69, 9.17) is 16.3 Å². The first-order valence-electron chi connectivity index (χ1n) is 14.3. The third-order valence-corrected chi connectivity index (χ3v) is 9.05. The molecule has 0 heterocycles. The normalized spacial score (nSPS) is 12.0. The van der Waals surface area contributed by atoms with Crippen LogP contribution in [-0.4, -0.2) is 50.9 Å². The minimum atomic E-state index is -4.29. The Hall–Kier alpha value is -4.41. The van der Waals surface area contributed by atoms with Crippen LogP contribution in [0.2, 0.25) is 5.02 Å². The van der Waals surface area contributed by atoms with Crippen LogP contribution >= 0.6 is 11.6 Å². The summed E-state index contributed by atoms with van der Waals surface area (Å²) in [7, 11) is -2.81. The molecule has 0 radical (unpaired) electrons. The van der Waals surface area contributed by atoms with Gasteiger partial charge in [-0.05, 0) is 85.6 Å². The van der Waals surface area contributed by atoms with Crippen LogP contribution in [0.3, 0.4) is 0 Å².